The SMILES string of the molecule is CCOC1CC(NS(=O)(=O)Cc2cccc(CNC)c2)C1. The van der Waals surface area contributed by atoms with Gasteiger partial charge in [0, 0.05) is 19.2 Å². The summed E-state index contributed by atoms with van der Waals surface area (Å²) in [6.07, 6.45) is 1.75. The van der Waals surface area contributed by atoms with Gasteiger partial charge in [-0.15, -0.1) is 0 Å². The first-order valence-corrected chi connectivity index (χ1v) is 9.01. The molecule has 0 bridgehead atoms. The molecule has 0 spiro atoms. The van der Waals surface area contributed by atoms with E-state index in [1.165, 1.54) is 0 Å². The van der Waals surface area contributed by atoms with E-state index in [9.17, 15) is 8.42 Å². The highest BCUT2D eigenvalue weighted by molar-refractivity contribution is 7.88. The fourth-order valence-corrected chi connectivity index (χ4v) is 3.98. The Hall–Kier alpha value is -0.950. The van der Waals surface area contributed by atoms with E-state index in [1.807, 2.05) is 38.2 Å². The maximum absolute atomic E-state index is 12.2. The maximum Gasteiger partial charge on any atom is 0.216 e. The molecule has 0 amide bonds. The van der Waals surface area contributed by atoms with Crippen LogP contribution in [0.2, 0.25) is 0 Å². The normalized spacial score (nSPS) is 22.0. The lowest BCUT2D eigenvalue weighted by Crippen LogP contribution is -2.48. The van der Waals surface area contributed by atoms with Crippen molar-refractivity contribution in [3.05, 3.63) is 35.4 Å². The summed E-state index contributed by atoms with van der Waals surface area (Å²) in [5.41, 5.74) is 1.90. The summed E-state index contributed by atoms with van der Waals surface area (Å²) in [6, 6.07) is 7.68. The molecule has 118 valence electrons. The van der Waals surface area contributed by atoms with Crippen molar-refractivity contribution in [2.75, 3.05) is 13.7 Å². The Morgan fingerprint density at radius 2 is 2.00 bits per heavy atom. The van der Waals surface area contributed by atoms with E-state index in [-0.39, 0.29) is 17.9 Å². The van der Waals surface area contributed by atoms with Gasteiger partial charge in [0.1, 0.15) is 0 Å². The van der Waals surface area contributed by atoms with Crippen molar-refractivity contribution in [2.45, 2.75) is 44.2 Å². The van der Waals surface area contributed by atoms with Gasteiger partial charge in [0.2, 0.25) is 10.0 Å². The summed E-state index contributed by atoms with van der Waals surface area (Å²) in [5.74, 6) is 0.0281. The zero-order valence-electron chi connectivity index (χ0n) is 12.6. The molecular weight excluding hydrogens is 288 g/mol. The van der Waals surface area contributed by atoms with Crippen LogP contribution in [-0.4, -0.2) is 34.2 Å². The third kappa shape index (κ3) is 5.07. The molecule has 1 aromatic carbocycles. The van der Waals surface area contributed by atoms with E-state index < -0.39 is 10.0 Å². The summed E-state index contributed by atoms with van der Waals surface area (Å²) >= 11 is 0. The lowest BCUT2D eigenvalue weighted by molar-refractivity contribution is -0.00476. The van der Waals surface area contributed by atoms with E-state index in [2.05, 4.69) is 10.0 Å². The third-order valence-electron chi connectivity index (χ3n) is 3.57. The van der Waals surface area contributed by atoms with Crippen LogP contribution in [0.4, 0.5) is 0 Å². The number of nitrogens with one attached hydrogen (secondary N) is 2. The van der Waals surface area contributed by atoms with Gasteiger partial charge < -0.3 is 10.1 Å². The lowest BCUT2D eigenvalue weighted by Gasteiger charge is -2.35. The average Bonchev–Trinajstić information content (AvgIpc) is 2.36. The minimum Gasteiger partial charge on any atom is -0.378 e. The van der Waals surface area contributed by atoms with Crippen LogP contribution >= 0.6 is 0 Å². The van der Waals surface area contributed by atoms with Gasteiger partial charge in [-0.2, -0.15) is 0 Å². The second kappa shape index (κ2) is 7.35. The molecule has 1 saturated carbocycles. The smallest absolute Gasteiger partial charge is 0.216 e. The Morgan fingerprint density at radius 3 is 2.67 bits per heavy atom. The van der Waals surface area contributed by atoms with Crippen LogP contribution in [0.25, 0.3) is 0 Å². The first-order valence-electron chi connectivity index (χ1n) is 7.36. The Balaban J connectivity index is 1.88. The highest BCUT2D eigenvalue weighted by Gasteiger charge is 2.32. The van der Waals surface area contributed by atoms with Crippen molar-refractivity contribution in [1.29, 1.82) is 0 Å². The second-order valence-electron chi connectivity index (χ2n) is 5.47. The molecule has 0 atom stereocenters. The van der Waals surface area contributed by atoms with Crippen molar-refractivity contribution in [2.24, 2.45) is 0 Å². The van der Waals surface area contributed by atoms with Crippen molar-refractivity contribution < 1.29 is 13.2 Å². The predicted molar refractivity (Wildman–Crippen MR) is 83.4 cm³/mol. The topological polar surface area (TPSA) is 67.4 Å². The zero-order valence-corrected chi connectivity index (χ0v) is 13.4. The summed E-state index contributed by atoms with van der Waals surface area (Å²) in [5, 5.41) is 3.06. The molecule has 1 fully saturated rings. The molecule has 1 aromatic rings. The molecule has 1 aliphatic rings. The maximum atomic E-state index is 12.2. The molecule has 2 N–H and O–H groups in total. The highest BCUT2D eigenvalue weighted by Crippen LogP contribution is 2.24. The zero-order chi connectivity index (χ0) is 15.3. The van der Waals surface area contributed by atoms with Crippen LogP contribution in [-0.2, 0) is 27.1 Å². The monoisotopic (exact) mass is 312 g/mol. The van der Waals surface area contributed by atoms with Crippen LogP contribution in [0.1, 0.15) is 30.9 Å². The van der Waals surface area contributed by atoms with Crippen LogP contribution < -0.4 is 10.0 Å². The summed E-state index contributed by atoms with van der Waals surface area (Å²) in [6.45, 7) is 3.37. The van der Waals surface area contributed by atoms with Crippen LogP contribution in [0.15, 0.2) is 24.3 Å². The number of sulfonamides is 1. The Labute approximate surface area is 127 Å². The van der Waals surface area contributed by atoms with Gasteiger partial charge in [-0.3, -0.25) is 0 Å². The average molecular weight is 312 g/mol. The van der Waals surface area contributed by atoms with Crippen molar-refractivity contribution in [3.8, 4) is 0 Å². The molecule has 21 heavy (non-hydrogen) atoms. The van der Waals surface area contributed by atoms with E-state index >= 15 is 0 Å². The molecular formula is C15H24N2O3S. The number of hydrogen-bond acceptors (Lipinski definition) is 4. The summed E-state index contributed by atoms with van der Waals surface area (Å²) in [4.78, 5) is 0. The molecule has 0 unspecified atom stereocenters. The molecule has 0 heterocycles. The van der Waals surface area contributed by atoms with Crippen LogP contribution in [0.3, 0.4) is 0 Å². The van der Waals surface area contributed by atoms with E-state index in [1.54, 1.807) is 0 Å². The van der Waals surface area contributed by atoms with Gasteiger partial charge in [-0.25, -0.2) is 13.1 Å². The number of benzene rings is 1. The number of rotatable bonds is 8. The summed E-state index contributed by atoms with van der Waals surface area (Å²) in [7, 11) is -1.42. The standard InChI is InChI=1S/C15H24N2O3S/c1-3-20-15-8-14(9-15)17-21(18,19)11-13-6-4-5-12(7-13)10-16-2/h4-7,14-17H,3,8-11H2,1-2H3. The fourth-order valence-electron chi connectivity index (χ4n) is 2.58. The summed E-state index contributed by atoms with van der Waals surface area (Å²) < 4.78 is 32.5. The van der Waals surface area contributed by atoms with E-state index in [0.29, 0.717) is 6.61 Å². The van der Waals surface area contributed by atoms with Gasteiger partial charge >= 0.3 is 0 Å². The number of hydrogen-bond donors (Lipinski definition) is 2. The molecule has 0 aliphatic heterocycles. The van der Waals surface area contributed by atoms with Gasteiger partial charge in [0.15, 0.2) is 0 Å². The first-order chi connectivity index (χ1) is 10.0. The van der Waals surface area contributed by atoms with Crippen LogP contribution in [0, 0.1) is 0 Å². The fraction of sp³-hybridized carbons (Fsp3) is 0.600. The Bertz CT molecular complexity index is 554. The van der Waals surface area contributed by atoms with E-state index in [4.69, 9.17) is 4.74 Å². The van der Waals surface area contributed by atoms with Gasteiger partial charge in [0.05, 0.1) is 11.9 Å². The van der Waals surface area contributed by atoms with Gasteiger partial charge in [-0.05, 0) is 37.9 Å². The molecule has 6 heteroatoms. The molecule has 5 nitrogen and oxygen atoms in total. The minimum absolute atomic E-state index is 0.0204. The Kier molecular flexibility index (Phi) is 5.75. The number of ether oxygens (including phenoxy) is 1. The minimum atomic E-state index is -3.29. The Morgan fingerprint density at radius 1 is 1.29 bits per heavy atom. The quantitative estimate of drug-likeness (QED) is 0.761. The highest BCUT2D eigenvalue weighted by atomic mass is 32.2. The van der Waals surface area contributed by atoms with Crippen LogP contribution in [0.5, 0.6) is 0 Å². The molecule has 1 aliphatic carbocycles. The molecule has 0 aromatic heterocycles. The van der Waals surface area contributed by atoms with Gasteiger partial charge in [0.25, 0.3) is 0 Å². The molecule has 2 rings (SSSR count). The molecule has 0 saturated heterocycles. The van der Waals surface area contributed by atoms with Crippen molar-refractivity contribution in [3.63, 3.8) is 0 Å². The first kappa shape index (κ1) is 16.4. The van der Waals surface area contributed by atoms with E-state index in [0.717, 1.165) is 30.5 Å². The predicted octanol–water partition coefficient (Wildman–Crippen LogP) is 1.39. The van der Waals surface area contributed by atoms with Crippen molar-refractivity contribution in [1.82, 2.24) is 10.0 Å². The lowest BCUT2D eigenvalue weighted by atomic mass is 9.90. The van der Waals surface area contributed by atoms with Gasteiger partial charge in [-0.1, -0.05) is 24.3 Å². The largest absolute Gasteiger partial charge is 0.378 e. The third-order valence-corrected chi connectivity index (χ3v) is 4.98. The second-order valence-corrected chi connectivity index (χ2v) is 7.23. The molecule has 0 radical (unpaired) electrons. The van der Waals surface area contributed by atoms with Crippen molar-refractivity contribution >= 4 is 10.0 Å².